The number of aliphatic hydroxyl groups excluding tert-OH is 1. The molecule has 2 N–H and O–H groups in total. The smallest absolute Gasteiger partial charge is 0.295 e. The number of aryl methyl sites for hydroxylation is 2. The summed E-state index contributed by atoms with van der Waals surface area (Å²) in [6.45, 7) is 11.0. The molecule has 31 heavy (non-hydrogen) atoms. The number of nitrogens with zero attached hydrogens (tertiary/aromatic N) is 2. The second-order valence-electron chi connectivity index (χ2n) is 8.99. The van der Waals surface area contributed by atoms with Gasteiger partial charge in [-0.1, -0.05) is 38.1 Å². The highest BCUT2D eigenvalue weighted by Gasteiger charge is 2.46. The van der Waals surface area contributed by atoms with E-state index in [0.717, 1.165) is 22.5 Å². The number of ketones is 1. The van der Waals surface area contributed by atoms with Crippen LogP contribution in [0.25, 0.3) is 5.76 Å². The van der Waals surface area contributed by atoms with Gasteiger partial charge in [0.2, 0.25) is 0 Å². The minimum atomic E-state index is -0.633. The fraction of sp³-hybridized carbons (Fsp3) is 0.440. The van der Waals surface area contributed by atoms with Gasteiger partial charge in [0, 0.05) is 30.0 Å². The van der Waals surface area contributed by atoms with E-state index < -0.39 is 17.7 Å². The van der Waals surface area contributed by atoms with Gasteiger partial charge in [-0.15, -0.1) is 0 Å². The number of hydrogen-bond donors (Lipinski definition) is 2. The van der Waals surface area contributed by atoms with Gasteiger partial charge >= 0.3 is 0 Å². The zero-order chi connectivity index (χ0) is 23.0. The predicted octanol–water partition coefficient (Wildman–Crippen LogP) is 4.05. The summed E-state index contributed by atoms with van der Waals surface area (Å²) in [6.07, 6.45) is 0. The highest BCUT2D eigenvalue weighted by Crippen LogP contribution is 2.40. The Morgan fingerprint density at radius 2 is 1.71 bits per heavy atom. The minimum Gasteiger partial charge on any atom is -0.507 e. The topological polar surface area (TPSA) is 76.6 Å². The van der Waals surface area contributed by atoms with E-state index in [-0.39, 0.29) is 11.3 Å². The second-order valence-corrected chi connectivity index (χ2v) is 8.99. The number of aliphatic hydroxyl groups is 1. The first-order valence-corrected chi connectivity index (χ1v) is 10.7. The molecule has 1 aromatic heterocycles. The lowest BCUT2D eigenvalue weighted by atomic mass is 9.92. The van der Waals surface area contributed by atoms with E-state index in [9.17, 15) is 14.7 Å². The Balaban J connectivity index is 2.19. The van der Waals surface area contributed by atoms with Crippen molar-refractivity contribution in [1.29, 1.82) is 0 Å². The number of carbonyl (C=O) groups excluding carboxylic acids is 2. The molecule has 1 amide bonds. The van der Waals surface area contributed by atoms with Gasteiger partial charge in [0.15, 0.2) is 0 Å². The zero-order valence-corrected chi connectivity index (χ0v) is 19.5. The van der Waals surface area contributed by atoms with Crippen molar-refractivity contribution in [3.8, 4) is 0 Å². The molecule has 2 heterocycles. The van der Waals surface area contributed by atoms with Crippen LogP contribution in [0.3, 0.4) is 0 Å². The monoisotopic (exact) mass is 423 g/mol. The Morgan fingerprint density at radius 3 is 2.19 bits per heavy atom. The molecule has 1 saturated heterocycles. The molecule has 1 atom stereocenters. The van der Waals surface area contributed by atoms with Crippen LogP contribution in [0.5, 0.6) is 0 Å². The molecule has 1 unspecified atom stereocenters. The van der Waals surface area contributed by atoms with Crippen molar-refractivity contribution in [3.05, 3.63) is 63.5 Å². The molecule has 6 heteroatoms. The summed E-state index contributed by atoms with van der Waals surface area (Å²) in [5.74, 6) is -0.930. The van der Waals surface area contributed by atoms with Crippen LogP contribution in [-0.2, 0) is 9.59 Å². The van der Waals surface area contributed by atoms with E-state index in [1.54, 1.807) is 4.90 Å². The van der Waals surface area contributed by atoms with Crippen molar-refractivity contribution in [2.45, 2.75) is 46.6 Å². The first kappa shape index (κ1) is 22.8. The number of H-pyrrole nitrogens is 1. The summed E-state index contributed by atoms with van der Waals surface area (Å²) in [7, 11) is 3.86. The van der Waals surface area contributed by atoms with Crippen LogP contribution in [0.15, 0.2) is 29.8 Å². The largest absolute Gasteiger partial charge is 0.507 e. The number of amides is 1. The number of hydrogen-bond acceptors (Lipinski definition) is 4. The Hall–Kier alpha value is -2.86. The van der Waals surface area contributed by atoms with Crippen LogP contribution in [0.1, 0.15) is 59.4 Å². The van der Waals surface area contributed by atoms with E-state index in [0.29, 0.717) is 24.6 Å². The predicted molar refractivity (Wildman–Crippen MR) is 123 cm³/mol. The number of Topliss-reactive ketones (excluding diaryl/α,β-unsaturated/α-hetero) is 1. The molecular weight excluding hydrogens is 390 g/mol. The van der Waals surface area contributed by atoms with Crippen molar-refractivity contribution < 1.29 is 14.7 Å². The fourth-order valence-electron chi connectivity index (χ4n) is 4.22. The van der Waals surface area contributed by atoms with Crippen LogP contribution in [0.2, 0.25) is 0 Å². The van der Waals surface area contributed by atoms with Gasteiger partial charge in [-0.3, -0.25) is 9.59 Å². The summed E-state index contributed by atoms with van der Waals surface area (Å²) < 4.78 is 0. The Labute approximate surface area is 184 Å². The average Bonchev–Trinajstić information content (AvgIpc) is 3.11. The summed E-state index contributed by atoms with van der Waals surface area (Å²) in [6, 6.07) is 7.37. The number of benzene rings is 1. The molecule has 0 aliphatic carbocycles. The fourth-order valence-corrected chi connectivity index (χ4v) is 4.22. The van der Waals surface area contributed by atoms with Crippen LogP contribution in [0.4, 0.5) is 0 Å². The lowest BCUT2D eigenvalue weighted by Gasteiger charge is -2.27. The molecule has 1 aliphatic rings. The minimum absolute atomic E-state index is 0.108. The van der Waals surface area contributed by atoms with Gasteiger partial charge in [-0.05, 0) is 57.5 Å². The molecule has 0 spiro atoms. The highest BCUT2D eigenvalue weighted by atomic mass is 16.3. The van der Waals surface area contributed by atoms with Crippen molar-refractivity contribution in [3.63, 3.8) is 0 Å². The standard InChI is InChI=1S/C25H33N3O3/c1-14(2)18-8-10-19(11-9-18)22-21(23(29)20-15(3)16(4)26-17(20)5)24(30)25(31)28(22)13-12-27(6)7/h8-11,14,22,26,29H,12-13H2,1-7H3/b23-21+. The molecule has 1 aromatic carbocycles. The molecule has 1 fully saturated rings. The van der Waals surface area contributed by atoms with E-state index >= 15 is 0 Å². The molecule has 2 aromatic rings. The lowest BCUT2D eigenvalue weighted by Crippen LogP contribution is -2.35. The van der Waals surface area contributed by atoms with Crippen LogP contribution in [0, 0.1) is 20.8 Å². The molecule has 166 valence electrons. The van der Waals surface area contributed by atoms with Crippen molar-refractivity contribution in [2.24, 2.45) is 0 Å². The van der Waals surface area contributed by atoms with Gasteiger partial charge in [0.05, 0.1) is 11.6 Å². The Morgan fingerprint density at radius 1 is 1.10 bits per heavy atom. The van der Waals surface area contributed by atoms with Gasteiger partial charge in [-0.25, -0.2) is 0 Å². The number of likely N-dealkylation sites (N-methyl/N-ethyl adjacent to an activating group) is 1. The quantitative estimate of drug-likeness (QED) is 0.418. The molecule has 6 nitrogen and oxygen atoms in total. The third-order valence-electron chi connectivity index (χ3n) is 6.17. The van der Waals surface area contributed by atoms with Crippen LogP contribution < -0.4 is 0 Å². The number of carbonyl (C=O) groups is 2. The van der Waals surface area contributed by atoms with Crippen molar-refractivity contribution in [2.75, 3.05) is 27.2 Å². The van der Waals surface area contributed by atoms with Crippen LogP contribution >= 0.6 is 0 Å². The second kappa shape index (κ2) is 8.71. The normalized spacial score (nSPS) is 18.6. The Bertz CT molecular complexity index is 1030. The third-order valence-corrected chi connectivity index (χ3v) is 6.17. The van der Waals surface area contributed by atoms with E-state index in [4.69, 9.17) is 0 Å². The molecule has 3 rings (SSSR count). The van der Waals surface area contributed by atoms with Gasteiger partial charge in [-0.2, -0.15) is 0 Å². The van der Waals surface area contributed by atoms with Gasteiger partial charge < -0.3 is 19.9 Å². The number of likely N-dealkylation sites (tertiary alicyclic amines) is 1. The summed E-state index contributed by atoms with van der Waals surface area (Å²) in [5, 5.41) is 11.3. The van der Waals surface area contributed by atoms with E-state index in [1.165, 1.54) is 5.56 Å². The maximum atomic E-state index is 13.1. The first-order valence-electron chi connectivity index (χ1n) is 10.7. The number of aromatic amines is 1. The maximum absolute atomic E-state index is 13.1. The van der Waals surface area contributed by atoms with Gasteiger partial charge in [0.1, 0.15) is 5.76 Å². The average molecular weight is 424 g/mol. The molecule has 0 bridgehead atoms. The SMILES string of the molecule is Cc1[nH]c(C)c(/C(O)=C2\C(=O)C(=O)N(CCN(C)C)C2c2ccc(C(C)C)cc2)c1C. The maximum Gasteiger partial charge on any atom is 0.295 e. The number of aromatic nitrogens is 1. The summed E-state index contributed by atoms with van der Waals surface area (Å²) >= 11 is 0. The third kappa shape index (κ3) is 4.17. The highest BCUT2D eigenvalue weighted by molar-refractivity contribution is 6.46. The van der Waals surface area contributed by atoms with Crippen molar-refractivity contribution >= 4 is 17.4 Å². The molecule has 0 radical (unpaired) electrons. The van der Waals surface area contributed by atoms with E-state index in [1.807, 2.05) is 64.0 Å². The summed E-state index contributed by atoms with van der Waals surface area (Å²) in [4.78, 5) is 32.9. The van der Waals surface area contributed by atoms with Crippen LogP contribution in [-0.4, -0.2) is 58.8 Å². The number of rotatable bonds is 6. The summed E-state index contributed by atoms with van der Waals surface area (Å²) in [5.41, 5.74) is 5.36. The molecule has 0 saturated carbocycles. The van der Waals surface area contributed by atoms with Gasteiger partial charge in [0.25, 0.3) is 11.7 Å². The molecule has 1 aliphatic heterocycles. The first-order chi connectivity index (χ1) is 14.5. The van der Waals surface area contributed by atoms with Crippen molar-refractivity contribution in [1.82, 2.24) is 14.8 Å². The Kier molecular flexibility index (Phi) is 6.41. The zero-order valence-electron chi connectivity index (χ0n) is 19.5. The number of nitrogens with one attached hydrogen (secondary N) is 1. The lowest BCUT2D eigenvalue weighted by molar-refractivity contribution is -0.140. The molecular formula is C25H33N3O3. The van der Waals surface area contributed by atoms with E-state index in [2.05, 4.69) is 18.8 Å².